The minimum Gasteiger partial charge on any atom is -0.493 e. The fourth-order valence-corrected chi connectivity index (χ4v) is 3.29. The van der Waals surface area contributed by atoms with Crippen molar-refractivity contribution in [3.8, 4) is 11.5 Å². The second-order valence-corrected chi connectivity index (χ2v) is 7.03. The summed E-state index contributed by atoms with van der Waals surface area (Å²) in [5.74, 6) is 2.11. The first-order chi connectivity index (χ1) is 12.5. The molecule has 1 aromatic carbocycles. The van der Waals surface area contributed by atoms with E-state index in [0.29, 0.717) is 24.9 Å². The van der Waals surface area contributed by atoms with E-state index in [4.69, 9.17) is 14.5 Å². The minimum absolute atomic E-state index is 0. The number of ether oxygens (including phenoxy) is 2. The van der Waals surface area contributed by atoms with Gasteiger partial charge in [0.25, 0.3) is 0 Å². The summed E-state index contributed by atoms with van der Waals surface area (Å²) in [4.78, 5) is 4.73. The third-order valence-electron chi connectivity index (χ3n) is 4.95. The van der Waals surface area contributed by atoms with E-state index in [0.717, 1.165) is 43.7 Å². The van der Waals surface area contributed by atoms with Gasteiger partial charge in [-0.2, -0.15) is 0 Å². The molecule has 1 fully saturated rings. The van der Waals surface area contributed by atoms with Crippen LogP contribution in [0.5, 0.6) is 11.5 Å². The number of rotatable bonds is 7. The highest BCUT2D eigenvalue weighted by molar-refractivity contribution is 14.0. The zero-order chi connectivity index (χ0) is 19.0. The van der Waals surface area contributed by atoms with Crippen molar-refractivity contribution in [3.05, 3.63) is 18.2 Å². The van der Waals surface area contributed by atoms with Crippen molar-refractivity contribution < 1.29 is 14.6 Å². The quantitative estimate of drug-likeness (QED) is 0.305. The van der Waals surface area contributed by atoms with Gasteiger partial charge in [0, 0.05) is 23.7 Å². The van der Waals surface area contributed by atoms with E-state index in [1.54, 1.807) is 7.11 Å². The summed E-state index contributed by atoms with van der Waals surface area (Å²) in [5, 5.41) is 17.0. The van der Waals surface area contributed by atoms with Crippen molar-refractivity contribution >= 4 is 35.6 Å². The molecule has 154 valence electrons. The SMILES string of the molecule is CCNC(=NCC1(C)CCCCC1O)Nc1ccc(OCC)c(OC)c1.I. The molecule has 0 bridgehead atoms. The van der Waals surface area contributed by atoms with Crippen molar-refractivity contribution in [3.63, 3.8) is 0 Å². The third-order valence-corrected chi connectivity index (χ3v) is 4.95. The van der Waals surface area contributed by atoms with Crippen molar-refractivity contribution in [1.82, 2.24) is 5.32 Å². The predicted molar refractivity (Wildman–Crippen MR) is 122 cm³/mol. The van der Waals surface area contributed by atoms with Crippen LogP contribution in [0.1, 0.15) is 46.5 Å². The summed E-state index contributed by atoms with van der Waals surface area (Å²) in [5.41, 5.74) is 0.719. The molecule has 1 aliphatic rings. The van der Waals surface area contributed by atoms with Crippen LogP contribution in [0.4, 0.5) is 5.69 Å². The summed E-state index contributed by atoms with van der Waals surface area (Å²) in [6.45, 7) is 8.06. The Kier molecular flexibility index (Phi) is 10.2. The lowest BCUT2D eigenvalue weighted by molar-refractivity contribution is 0.00721. The van der Waals surface area contributed by atoms with Crippen LogP contribution >= 0.6 is 24.0 Å². The molecule has 2 rings (SSSR count). The van der Waals surface area contributed by atoms with Gasteiger partial charge in [-0.1, -0.05) is 19.8 Å². The van der Waals surface area contributed by atoms with Crippen LogP contribution in [-0.2, 0) is 0 Å². The Morgan fingerprint density at radius 2 is 2.07 bits per heavy atom. The van der Waals surface area contributed by atoms with Gasteiger partial charge < -0.3 is 25.2 Å². The lowest BCUT2D eigenvalue weighted by Crippen LogP contribution is -2.39. The first-order valence-corrected chi connectivity index (χ1v) is 9.56. The Balaban J connectivity index is 0.00000364. The summed E-state index contributed by atoms with van der Waals surface area (Å²) in [6, 6.07) is 5.73. The maximum atomic E-state index is 10.4. The summed E-state index contributed by atoms with van der Waals surface area (Å²) in [6.07, 6.45) is 3.85. The van der Waals surface area contributed by atoms with E-state index in [1.807, 2.05) is 32.0 Å². The average molecular weight is 491 g/mol. The molecule has 0 aromatic heterocycles. The molecule has 27 heavy (non-hydrogen) atoms. The minimum atomic E-state index is -0.284. The smallest absolute Gasteiger partial charge is 0.195 e. The molecule has 0 heterocycles. The molecular formula is C20H34IN3O3. The van der Waals surface area contributed by atoms with Gasteiger partial charge in [-0.15, -0.1) is 24.0 Å². The van der Waals surface area contributed by atoms with Gasteiger partial charge in [-0.3, -0.25) is 4.99 Å². The molecule has 2 atom stereocenters. The molecule has 6 nitrogen and oxygen atoms in total. The first kappa shape index (κ1) is 23.8. The molecule has 0 saturated heterocycles. The van der Waals surface area contributed by atoms with Crippen LogP contribution in [0, 0.1) is 5.41 Å². The Bertz CT molecular complexity index is 612. The highest BCUT2D eigenvalue weighted by atomic mass is 127. The largest absolute Gasteiger partial charge is 0.493 e. The van der Waals surface area contributed by atoms with E-state index < -0.39 is 0 Å². The number of nitrogens with zero attached hydrogens (tertiary/aromatic N) is 1. The van der Waals surface area contributed by atoms with Crippen LogP contribution in [-0.4, -0.2) is 44.0 Å². The number of nitrogens with one attached hydrogen (secondary N) is 2. The number of guanidine groups is 1. The number of benzene rings is 1. The number of hydrogen-bond donors (Lipinski definition) is 3. The fraction of sp³-hybridized carbons (Fsp3) is 0.650. The van der Waals surface area contributed by atoms with E-state index in [-0.39, 0.29) is 35.5 Å². The molecule has 1 aliphatic carbocycles. The number of anilines is 1. The summed E-state index contributed by atoms with van der Waals surface area (Å²) in [7, 11) is 1.63. The maximum absolute atomic E-state index is 10.4. The number of aliphatic hydroxyl groups is 1. The highest BCUT2D eigenvalue weighted by Gasteiger charge is 2.35. The van der Waals surface area contributed by atoms with Gasteiger partial charge in [-0.05, 0) is 38.8 Å². The predicted octanol–water partition coefficient (Wildman–Crippen LogP) is 4.03. The molecule has 7 heteroatoms. The third kappa shape index (κ3) is 6.71. The zero-order valence-electron chi connectivity index (χ0n) is 16.9. The summed E-state index contributed by atoms with van der Waals surface area (Å²) < 4.78 is 11.0. The van der Waals surface area contributed by atoms with Gasteiger partial charge in [0.2, 0.25) is 0 Å². The number of methoxy groups -OCH3 is 1. The summed E-state index contributed by atoms with van der Waals surface area (Å²) >= 11 is 0. The Labute approximate surface area is 180 Å². The van der Waals surface area contributed by atoms with Crippen LogP contribution in [0.2, 0.25) is 0 Å². The Morgan fingerprint density at radius 1 is 1.30 bits per heavy atom. The lowest BCUT2D eigenvalue weighted by Gasteiger charge is -2.37. The molecule has 2 unspecified atom stereocenters. The Hall–Kier alpha value is -1.22. The number of hydrogen-bond acceptors (Lipinski definition) is 4. The second kappa shape index (κ2) is 11.6. The number of aliphatic hydroxyl groups excluding tert-OH is 1. The highest BCUT2D eigenvalue weighted by Crippen LogP contribution is 2.36. The number of halogens is 1. The molecule has 0 radical (unpaired) electrons. The molecule has 3 N–H and O–H groups in total. The van der Waals surface area contributed by atoms with Gasteiger partial charge in [0.15, 0.2) is 17.5 Å². The molecule has 1 saturated carbocycles. The first-order valence-electron chi connectivity index (χ1n) is 9.56. The van der Waals surface area contributed by atoms with Gasteiger partial charge in [0.05, 0.1) is 26.4 Å². The standard InChI is InChI=1S/C20H33N3O3.HI/c1-5-21-19(22-14-20(3)12-8-7-9-18(20)24)23-15-10-11-16(26-6-2)17(13-15)25-4;/h10-11,13,18,24H,5-9,12,14H2,1-4H3,(H2,21,22,23);1H. The molecule has 1 aromatic rings. The zero-order valence-corrected chi connectivity index (χ0v) is 19.2. The molecule has 0 aliphatic heterocycles. The van der Waals surface area contributed by atoms with Gasteiger partial charge in [0.1, 0.15) is 0 Å². The molecule has 0 amide bonds. The second-order valence-electron chi connectivity index (χ2n) is 7.03. The van der Waals surface area contributed by atoms with Crippen LogP contribution in [0.15, 0.2) is 23.2 Å². The fourth-order valence-electron chi connectivity index (χ4n) is 3.29. The maximum Gasteiger partial charge on any atom is 0.195 e. The lowest BCUT2D eigenvalue weighted by atomic mass is 9.73. The van der Waals surface area contributed by atoms with Crippen LogP contribution < -0.4 is 20.1 Å². The van der Waals surface area contributed by atoms with Crippen molar-refractivity contribution in [2.75, 3.05) is 32.1 Å². The van der Waals surface area contributed by atoms with E-state index in [1.165, 1.54) is 0 Å². The van der Waals surface area contributed by atoms with Gasteiger partial charge >= 0.3 is 0 Å². The Morgan fingerprint density at radius 3 is 2.70 bits per heavy atom. The van der Waals surface area contributed by atoms with E-state index in [2.05, 4.69) is 17.6 Å². The van der Waals surface area contributed by atoms with Crippen molar-refractivity contribution in [2.45, 2.75) is 52.6 Å². The normalized spacial score (nSPS) is 22.6. The molecular weight excluding hydrogens is 457 g/mol. The monoisotopic (exact) mass is 491 g/mol. The van der Waals surface area contributed by atoms with Gasteiger partial charge in [-0.25, -0.2) is 0 Å². The van der Waals surface area contributed by atoms with Crippen molar-refractivity contribution in [2.24, 2.45) is 10.4 Å². The van der Waals surface area contributed by atoms with Crippen LogP contribution in [0.3, 0.4) is 0 Å². The van der Waals surface area contributed by atoms with E-state index >= 15 is 0 Å². The number of aliphatic imine (C=N–C) groups is 1. The average Bonchev–Trinajstić information content (AvgIpc) is 2.64. The van der Waals surface area contributed by atoms with Crippen molar-refractivity contribution in [1.29, 1.82) is 0 Å². The van der Waals surface area contributed by atoms with E-state index in [9.17, 15) is 5.11 Å². The van der Waals surface area contributed by atoms with Crippen LogP contribution in [0.25, 0.3) is 0 Å². The molecule has 0 spiro atoms. The topological polar surface area (TPSA) is 75.1 Å².